The van der Waals surface area contributed by atoms with Crippen molar-refractivity contribution in [2.45, 2.75) is 13.1 Å². The number of carbonyl (C=O) groups excluding carboxylic acids is 1. The zero-order valence-corrected chi connectivity index (χ0v) is 15.3. The van der Waals surface area contributed by atoms with E-state index in [1.165, 1.54) is 6.07 Å². The van der Waals surface area contributed by atoms with Crippen molar-refractivity contribution in [3.05, 3.63) is 51.5 Å². The SMILES string of the molecule is O=C(Cn1cc(Br)cn1)N1CCN(Cc2c(F)cccc2Cl)CC1. The van der Waals surface area contributed by atoms with Gasteiger partial charge in [0.25, 0.3) is 0 Å². The highest BCUT2D eigenvalue weighted by Crippen LogP contribution is 2.21. The first kappa shape index (κ1) is 17.4. The van der Waals surface area contributed by atoms with E-state index in [1.54, 1.807) is 29.2 Å². The molecular weight excluding hydrogens is 399 g/mol. The van der Waals surface area contributed by atoms with E-state index in [9.17, 15) is 9.18 Å². The molecule has 1 aromatic heterocycles. The Kier molecular flexibility index (Phi) is 5.53. The number of rotatable bonds is 4. The van der Waals surface area contributed by atoms with Gasteiger partial charge in [-0.1, -0.05) is 17.7 Å². The van der Waals surface area contributed by atoms with Crippen molar-refractivity contribution in [2.24, 2.45) is 0 Å². The predicted octanol–water partition coefficient (Wildman–Crippen LogP) is 2.78. The van der Waals surface area contributed by atoms with Gasteiger partial charge < -0.3 is 4.90 Å². The maximum absolute atomic E-state index is 13.9. The average Bonchev–Trinajstić information content (AvgIpc) is 2.96. The number of amides is 1. The van der Waals surface area contributed by atoms with Crippen molar-refractivity contribution in [2.75, 3.05) is 26.2 Å². The Hall–Kier alpha value is -1.44. The Labute approximate surface area is 153 Å². The fourth-order valence-electron chi connectivity index (χ4n) is 2.73. The lowest BCUT2D eigenvalue weighted by Gasteiger charge is -2.35. The van der Waals surface area contributed by atoms with Crippen molar-refractivity contribution < 1.29 is 9.18 Å². The number of halogens is 3. The Morgan fingerprint density at radius 3 is 2.67 bits per heavy atom. The number of piperazine rings is 1. The minimum atomic E-state index is -0.287. The molecule has 8 heteroatoms. The molecule has 1 aliphatic rings. The minimum Gasteiger partial charge on any atom is -0.339 e. The first-order valence-electron chi connectivity index (χ1n) is 7.64. The van der Waals surface area contributed by atoms with E-state index >= 15 is 0 Å². The summed E-state index contributed by atoms with van der Waals surface area (Å²) in [5.74, 6) is -0.251. The third-order valence-electron chi connectivity index (χ3n) is 4.07. The van der Waals surface area contributed by atoms with Gasteiger partial charge in [-0.25, -0.2) is 4.39 Å². The normalized spacial score (nSPS) is 15.7. The smallest absolute Gasteiger partial charge is 0.244 e. The second-order valence-corrected chi connectivity index (χ2v) is 7.04. The zero-order chi connectivity index (χ0) is 17.1. The fourth-order valence-corrected chi connectivity index (χ4v) is 3.28. The average molecular weight is 416 g/mol. The van der Waals surface area contributed by atoms with Crippen LogP contribution in [-0.4, -0.2) is 51.7 Å². The number of hydrogen-bond donors (Lipinski definition) is 0. The molecule has 128 valence electrons. The molecule has 0 spiro atoms. The zero-order valence-electron chi connectivity index (χ0n) is 13.0. The molecule has 3 rings (SSSR count). The van der Waals surface area contributed by atoms with Crippen molar-refractivity contribution in [1.82, 2.24) is 19.6 Å². The van der Waals surface area contributed by atoms with Crippen LogP contribution in [0.5, 0.6) is 0 Å². The highest BCUT2D eigenvalue weighted by atomic mass is 79.9. The summed E-state index contributed by atoms with van der Waals surface area (Å²) in [7, 11) is 0. The summed E-state index contributed by atoms with van der Waals surface area (Å²) in [6.07, 6.45) is 3.43. The minimum absolute atomic E-state index is 0.0363. The van der Waals surface area contributed by atoms with Crippen molar-refractivity contribution >= 4 is 33.4 Å². The topological polar surface area (TPSA) is 41.4 Å². The summed E-state index contributed by atoms with van der Waals surface area (Å²) < 4.78 is 16.3. The van der Waals surface area contributed by atoms with Gasteiger partial charge in [-0.3, -0.25) is 14.4 Å². The molecule has 1 aliphatic heterocycles. The molecule has 1 amide bonds. The van der Waals surface area contributed by atoms with Crippen molar-refractivity contribution in [3.8, 4) is 0 Å². The van der Waals surface area contributed by atoms with E-state index in [0.717, 1.165) is 4.47 Å². The lowest BCUT2D eigenvalue weighted by atomic mass is 10.2. The molecule has 1 fully saturated rings. The Morgan fingerprint density at radius 2 is 2.04 bits per heavy atom. The molecule has 24 heavy (non-hydrogen) atoms. The van der Waals surface area contributed by atoms with E-state index in [1.807, 2.05) is 4.90 Å². The first-order chi connectivity index (χ1) is 11.5. The molecule has 2 aromatic rings. The van der Waals surface area contributed by atoms with E-state index in [0.29, 0.717) is 43.3 Å². The van der Waals surface area contributed by atoms with Crippen LogP contribution in [0.25, 0.3) is 0 Å². The summed E-state index contributed by atoms with van der Waals surface area (Å²) in [6.45, 7) is 3.31. The summed E-state index contributed by atoms with van der Waals surface area (Å²) in [5, 5.41) is 4.54. The maximum Gasteiger partial charge on any atom is 0.244 e. The van der Waals surface area contributed by atoms with Crippen LogP contribution in [0.2, 0.25) is 5.02 Å². The van der Waals surface area contributed by atoms with Crippen LogP contribution in [0.3, 0.4) is 0 Å². The second-order valence-electron chi connectivity index (χ2n) is 5.71. The highest BCUT2D eigenvalue weighted by molar-refractivity contribution is 9.10. The van der Waals surface area contributed by atoms with Gasteiger partial charge in [0, 0.05) is 49.5 Å². The molecule has 0 atom stereocenters. The Bertz CT molecular complexity index is 710. The van der Waals surface area contributed by atoms with Crippen LogP contribution in [0.1, 0.15) is 5.56 Å². The quantitative estimate of drug-likeness (QED) is 0.771. The Morgan fingerprint density at radius 1 is 1.29 bits per heavy atom. The van der Waals surface area contributed by atoms with E-state index in [2.05, 4.69) is 25.9 Å². The highest BCUT2D eigenvalue weighted by Gasteiger charge is 2.22. The molecule has 1 saturated heterocycles. The van der Waals surface area contributed by atoms with E-state index in [-0.39, 0.29) is 18.3 Å². The first-order valence-corrected chi connectivity index (χ1v) is 8.81. The molecule has 0 N–H and O–H groups in total. The van der Waals surface area contributed by atoms with Gasteiger partial charge in [-0.15, -0.1) is 0 Å². The third-order valence-corrected chi connectivity index (χ3v) is 4.83. The summed E-state index contributed by atoms with van der Waals surface area (Å²) in [4.78, 5) is 16.2. The second kappa shape index (κ2) is 7.63. The van der Waals surface area contributed by atoms with Gasteiger partial charge in [0.05, 0.1) is 10.7 Å². The number of hydrogen-bond acceptors (Lipinski definition) is 3. The molecule has 0 radical (unpaired) electrons. The molecule has 0 aliphatic carbocycles. The number of nitrogens with zero attached hydrogens (tertiary/aromatic N) is 4. The van der Waals surface area contributed by atoms with E-state index in [4.69, 9.17) is 11.6 Å². The lowest BCUT2D eigenvalue weighted by molar-refractivity contribution is -0.133. The van der Waals surface area contributed by atoms with Crippen LogP contribution in [-0.2, 0) is 17.9 Å². The van der Waals surface area contributed by atoms with Crippen molar-refractivity contribution in [1.29, 1.82) is 0 Å². The maximum atomic E-state index is 13.9. The van der Waals surface area contributed by atoms with Crippen LogP contribution in [0, 0.1) is 5.82 Å². The number of aromatic nitrogens is 2. The number of benzene rings is 1. The van der Waals surface area contributed by atoms with Crippen LogP contribution < -0.4 is 0 Å². The van der Waals surface area contributed by atoms with Gasteiger partial charge in [0.1, 0.15) is 12.4 Å². The monoisotopic (exact) mass is 414 g/mol. The largest absolute Gasteiger partial charge is 0.339 e. The van der Waals surface area contributed by atoms with E-state index < -0.39 is 0 Å². The predicted molar refractivity (Wildman–Crippen MR) is 93.2 cm³/mol. The van der Waals surface area contributed by atoms with Crippen molar-refractivity contribution in [3.63, 3.8) is 0 Å². The molecular formula is C16H17BrClFN4O. The molecule has 0 unspecified atom stereocenters. The molecule has 5 nitrogen and oxygen atoms in total. The molecule has 0 saturated carbocycles. The summed E-state index contributed by atoms with van der Waals surface area (Å²) in [5.41, 5.74) is 0.514. The van der Waals surface area contributed by atoms with Crippen LogP contribution in [0.4, 0.5) is 4.39 Å². The fraction of sp³-hybridized carbons (Fsp3) is 0.375. The number of carbonyl (C=O) groups is 1. The Balaban J connectivity index is 1.53. The standard InChI is InChI=1S/C16H17BrClFN4O/c17-12-8-20-23(9-12)11-16(24)22-6-4-21(5-7-22)10-13-14(18)2-1-3-15(13)19/h1-3,8-9H,4-7,10-11H2. The van der Waals surface area contributed by atoms with Gasteiger partial charge in [-0.2, -0.15) is 5.10 Å². The van der Waals surface area contributed by atoms with Gasteiger partial charge >= 0.3 is 0 Å². The lowest BCUT2D eigenvalue weighted by Crippen LogP contribution is -2.49. The summed E-state index contributed by atoms with van der Waals surface area (Å²) in [6, 6.07) is 4.72. The van der Waals surface area contributed by atoms with Crippen LogP contribution in [0.15, 0.2) is 35.1 Å². The summed E-state index contributed by atoms with van der Waals surface area (Å²) >= 11 is 9.39. The van der Waals surface area contributed by atoms with Crippen LogP contribution >= 0.6 is 27.5 Å². The van der Waals surface area contributed by atoms with Gasteiger partial charge in [0.15, 0.2) is 0 Å². The molecule has 2 heterocycles. The third kappa shape index (κ3) is 4.15. The molecule has 0 bridgehead atoms. The van der Waals surface area contributed by atoms with Gasteiger partial charge in [0.2, 0.25) is 5.91 Å². The molecule has 1 aromatic carbocycles. The van der Waals surface area contributed by atoms with Gasteiger partial charge in [-0.05, 0) is 28.1 Å².